The van der Waals surface area contributed by atoms with Gasteiger partial charge in [-0.3, -0.25) is 9.59 Å². The molecule has 0 atom stereocenters. The monoisotopic (exact) mass is 430 g/mol. The lowest BCUT2D eigenvalue weighted by Gasteiger charge is -2.13. The van der Waals surface area contributed by atoms with Crippen molar-refractivity contribution >= 4 is 23.2 Å². The Kier molecular flexibility index (Phi) is 6.64. The molecule has 0 spiro atoms. The van der Waals surface area contributed by atoms with Gasteiger partial charge in [-0.05, 0) is 55.7 Å². The number of carbonyl (C=O) groups is 2. The zero-order valence-electron chi connectivity index (χ0n) is 18.1. The molecule has 0 bridgehead atoms. The van der Waals surface area contributed by atoms with Gasteiger partial charge in [-0.1, -0.05) is 54.2 Å². The summed E-state index contributed by atoms with van der Waals surface area (Å²) >= 11 is 0. The Morgan fingerprint density at radius 3 is 2.19 bits per heavy atom. The van der Waals surface area contributed by atoms with Gasteiger partial charge < -0.3 is 10.6 Å². The van der Waals surface area contributed by atoms with E-state index in [1.165, 1.54) is 26.0 Å². The van der Waals surface area contributed by atoms with Gasteiger partial charge in [0, 0.05) is 16.7 Å². The number of aryl methyl sites for hydroxylation is 1. The van der Waals surface area contributed by atoms with E-state index in [0.29, 0.717) is 11.1 Å². The average molecular weight is 430 g/mol. The lowest BCUT2D eigenvalue weighted by atomic mass is 9.92. The van der Waals surface area contributed by atoms with Crippen molar-refractivity contribution < 1.29 is 18.8 Å². The topological polar surface area (TPSA) is 81.8 Å². The molecule has 0 saturated carbocycles. The maximum Gasteiger partial charge on any atom is 0.170 e. The molecule has 0 unspecified atom stereocenters. The fourth-order valence-corrected chi connectivity index (χ4v) is 3.29. The lowest BCUT2D eigenvalue weighted by Crippen LogP contribution is -2.14. The van der Waals surface area contributed by atoms with Crippen molar-refractivity contribution in [2.75, 3.05) is 0 Å². The van der Waals surface area contributed by atoms with Gasteiger partial charge in [-0.2, -0.15) is 0 Å². The Hall–Kier alpha value is -4.06. The molecule has 0 saturated heterocycles. The highest BCUT2D eigenvalue weighted by Gasteiger charge is 2.14. The van der Waals surface area contributed by atoms with E-state index in [2.05, 4.69) is 11.7 Å². The molecule has 0 amide bonds. The van der Waals surface area contributed by atoms with Crippen LogP contribution in [0.15, 0.2) is 72.4 Å². The molecule has 0 radical (unpaired) electrons. The molecule has 162 valence electrons. The Morgan fingerprint density at radius 2 is 1.56 bits per heavy atom. The number of hydrogen-bond acceptors (Lipinski definition) is 4. The number of rotatable bonds is 7. The molecule has 3 rings (SSSR count). The summed E-state index contributed by atoms with van der Waals surface area (Å²) in [7, 11) is 0. The normalized spacial score (nSPS) is 11.2. The van der Waals surface area contributed by atoms with Gasteiger partial charge in [0.15, 0.2) is 23.2 Å². The number of amidine groups is 1. The average Bonchev–Trinajstić information content (AvgIpc) is 2.76. The molecule has 0 heterocycles. The standard InChI is InChI=1S/C26H23FN2O3/c1-15-7-5-6-8-21(15)23-12-9-19(13-24(23)17(3)31)18(4)32-29-26(28)20-10-11-22(16(2)30)25(27)14-20/h5-14H,4H2,1-3H3,(H2,28,29). The highest BCUT2D eigenvalue weighted by molar-refractivity contribution is 6.02. The molecule has 2 N–H and O–H groups in total. The Labute approximate surface area is 186 Å². The van der Waals surface area contributed by atoms with Crippen molar-refractivity contribution in [1.29, 1.82) is 0 Å². The summed E-state index contributed by atoms with van der Waals surface area (Å²) in [5.74, 6) is -1.08. The predicted molar refractivity (Wildman–Crippen MR) is 124 cm³/mol. The third-order valence-electron chi connectivity index (χ3n) is 5.05. The highest BCUT2D eigenvalue weighted by Crippen LogP contribution is 2.30. The molecule has 0 aliphatic rings. The number of Topliss-reactive ketones (excluding diaryl/α,β-unsaturated/α-hetero) is 2. The molecule has 0 aliphatic carbocycles. The molecular formula is C26H23FN2O3. The first-order valence-electron chi connectivity index (χ1n) is 9.90. The third kappa shape index (κ3) is 4.81. The third-order valence-corrected chi connectivity index (χ3v) is 5.05. The van der Waals surface area contributed by atoms with Crippen LogP contribution in [0.25, 0.3) is 16.9 Å². The predicted octanol–water partition coefficient (Wildman–Crippen LogP) is 5.51. The van der Waals surface area contributed by atoms with Crippen LogP contribution in [0, 0.1) is 12.7 Å². The van der Waals surface area contributed by atoms with E-state index in [1.807, 2.05) is 37.3 Å². The summed E-state index contributed by atoms with van der Waals surface area (Å²) in [6.07, 6.45) is 0. The van der Waals surface area contributed by atoms with E-state index in [-0.39, 0.29) is 34.3 Å². The number of carbonyl (C=O) groups excluding carboxylic acids is 2. The SMILES string of the molecule is C=C(O/N=C(\N)c1ccc(C(C)=O)c(F)c1)c1ccc(-c2ccccc2C)c(C(C)=O)c1. The van der Waals surface area contributed by atoms with Crippen LogP contribution >= 0.6 is 0 Å². The van der Waals surface area contributed by atoms with Gasteiger partial charge in [0.1, 0.15) is 5.82 Å². The first-order chi connectivity index (χ1) is 15.2. The Morgan fingerprint density at radius 1 is 0.906 bits per heavy atom. The van der Waals surface area contributed by atoms with Crippen molar-refractivity contribution in [1.82, 2.24) is 0 Å². The summed E-state index contributed by atoms with van der Waals surface area (Å²) in [4.78, 5) is 29.0. The molecule has 3 aromatic carbocycles. The quantitative estimate of drug-likeness (QED) is 0.176. The van der Waals surface area contributed by atoms with Gasteiger partial charge >= 0.3 is 0 Å². The minimum absolute atomic E-state index is 0.0302. The van der Waals surface area contributed by atoms with Gasteiger partial charge in [0.2, 0.25) is 0 Å². The fourth-order valence-electron chi connectivity index (χ4n) is 3.29. The van der Waals surface area contributed by atoms with Gasteiger partial charge in [-0.25, -0.2) is 4.39 Å². The molecule has 3 aromatic rings. The summed E-state index contributed by atoms with van der Waals surface area (Å²) < 4.78 is 14.0. The van der Waals surface area contributed by atoms with Crippen LogP contribution in [0.1, 0.15) is 51.3 Å². The van der Waals surface area contributed by atoms with Crippen LogP contribution in [-0.4, -0.2) is 17.4 Å². The van der Waals surface area contributed by atoms with Crippen molar-refractivity contribution in [3.8, 4) is 11.1 Å². The van der Waals surface area contributed by atoms with E-state index in [9.17, 15) is 14.0 Å². The van der Waals surface area contributed by atoms with E-state index in [1.54, 1.807) is 12.1 Å². The van der Waals surface area contributed by atoms with Crippen LogP contribution in [0.5, 0.6) is 0 Å². The van der Waals surface area contributed by atoms with Crippen LogP contribution < -0.4 is 5.73 Å². The largest absolute Gasteiger partial charge is 0.380 e. The fraction of sp³-hybridized carbons (Fsp3) is 0.115. The number of nitrogens with two attached hydrogens (primary N) is 1. The summed E-state index contributed by atoms with van der Waals surface area (Å²) in [5.41, 5.74) is 10.0. The zero-order chi connectivity index (χ0) is 23.4. The summed E-state index contributed by atoms with van der Waals surface area (Å²) in [6.45, 7) is 8.62. The van der Waals surface area contributed by atoms with E-state index < -0.39 is 5.82 Å². The second kappa shape index (κ2) is 9.39. The van der Waals surface area contributed by atoms with E-state index >= 15 is 0 Å². The first-order valence-corrected chi connectivity index (χ1v) is 9.90. The zero-order valence-corrected chi connectivity index (χ0v) is 18.1. The highest BCUT2D eigenvalue weighted by atomic mass is 19.1. The van der Waals surface area contributed by atoms with Crippen LogP contribution in [0.2, 0.25) is 0 Å². The summed E-state index contributed by atoms with van der Waals surface area (Å²) in [5, 5.41) is 3.81. The Balaban J connectivity index is 1.86. The molecule has 32 heavy (non-hydrogen) atoms. The van der Waals surface area contributed by atoms with E-state index in [0.717, 1.165) is 22.8 Å². The van der Waals surface area contributed by atoms with Crippen molar-refractivity contribution in [3.05, 3.63) is 101 Å². The molecule has 0 aromatic heterocycles. The van der Waals surface area contributed by atoms with Crippen molar-refractivity contribution in [3.63, 3.8) is 0 Å². The van der Waals surface area contributed by atoms with Crippen molar-refractivity contribution in [2.24, 2.45) is 10.9 Å². The summed E-state index contributed by atoms with van der Waals surface area (Å²) in [6, 6.07) is 17.1. The number of ketones is 2. The number of halogens is 1. The van der Waals surface area contributed by atoms with Gasteiger partial charge in [-0.15, -0.1) is 0 Å². The number of oxime groups is 1. The number of hydrogen-bond donors (Lipinski definition) is 1. The number of nitrogens with zero attached hydrogens (tertiary/aromatic N) is 1. The second-order valence-corrected chi connectivity index (χ2v) is 7.37. The molecular weight excluding hydrogens is 407 g/mol. The first kappa shape index (κ1) is 22.6. The van der Waals surface area contributed by atoms with Gasteiger partial charge in [0.05, 0.1) is 5.56 Å². The molecule has 6 heteroatoms. The maximum absolute atomic E-state index is 14.0. The van der Waals surface area contributed by atoms with Crippen LogP contribution in [0.4, 0.5) is 4.39 Å². The molecule has 0 fully saturated rings. The lowest BCUT2D eigenvalue weighted by molar-refractivity contribution is 0.100. The van der Waals surface area contributed by atoms with Crippen LogP contribution in [-0.2, 0) is 4.84 Å². The molecule has 5 nitrogen and oxygen atoms in total. The van der Waals surface area contributed by atoms with Crippen LogP contribution in [0.3, 0.4) is 0 Å². The van der Waals surface area contributed by atoms with Gasteiger partial charge in [0.25, 0.3) is 0 Å². The van der Waals surface area contributed by atoms with Crippen molar-refractivity contribution in [2.45, 2.75) is 20.8 Å². The smallest absolute Gasteiger partial charge is 0.170 e. The molecule has 0 aliphatic heterocycles. The maximum atomic E-state index is 14.0. The minimum atomic E-state index is -0.690. The Bertz CT molecular complexity index is 1260. The van der Waals surface area contributed by atoms with E-state index in [4.69, 9.17) is 10.6 Å². The second-order valence-electron chi connectivity index (χ2n) is 7.37. The number of benzene rings is 3. The minimum Gasteiger partial charge on any atom is -0.380 e.